The number of carbonyl (C=O) groups is 1. The zero-order valence-electron chi connectivity index (χ0n) is 14.0. The van der Waals surface area contributed by atoms with E-state index in [1.165, 1.54) is 11.9 Å². The number of hydrogen-bond acceptors (Lipinski definition) is 4. The zero-order valence-corrected chi connectivity index (χ0v) is 14.0. The van der Waals surface area contributed by atoms with E-state index in [4.69, 9.17) is 0 Å². The van der Waals surface area contributed by atoms with Crippen molar-refractivity contribution in [2.24, 2.45) is 0 Å². The molecule has 0 radical (unpaired) electrons. The van der Waals surface area contributed by atoms with E-state index in [-0.39, 0.29) is 5.91 Å². The summed E-state index contributed by atoms with van der Waals surface area (Å²) in [6.45, 7) is 7.23. The molecule has 0 aliphatic heterocycles. The molecular weight excluding hydrogens is 304 g/mol. The van der Waals surface area contributed by atoms with Gasteiger partial charge in [-0.1, -0.05) is 12.1 Å². The van der Waals surface area contributed by atoms with Crippen LogP contribution in [0.4, 0.5) is 0 Å². The molecule has 1 N–H and O–H groups in total. The second-order valence-corrected chi connectivity index (χ2v) is 5.63. The predicted molar refractivity (Wildman–Crippen MR) is 90.1 cm³/mol. The zero-order chi connectivity index (χ0) is 17.1. The summed E-state index contributed by atoms with van der Waals surface area (Å²) in [6.07, 6.45) is 3.02. The molecule has 0 fully saturated rings. The number of amides is 1. The lowest BCUT2D eigenvalue weighted by Crippen LogP contribution is -2.28. The first-order valence-electron chi connectivity index (χ1n) is 7.80. The molecule has 0 aliphatic rings. The van der Waals surface area contributed by atoms with Crippen molar-refractivity contribution in [2.45, 2.75) is 27.3 Å². The maximum atomic E-state index is 12.5. The maximum absolute atomic E-state index is 12.5. The molecule has 0 saturated carbocycles. The lowest BCUT2D eigenvalue weighted by Gasteiger charge is -2.10. The molecule has 7 nitrogen and oxygen atoms in total. The van der Waals surface area contributed by atoms with Gasteiger partial charge in [0, 0.05) is 12.2 Å². The summed E-state index contributed by atoms with van der Waals surface area (Å²) >= 11 is 0. The monoisotopic (exact) mass is 324 g/mol. The second kappa shape index (κ2) is 6.66. The Labute approximate surface area is 140 Å². The number of nitrogens with zero attached hydrogens (tertiary/aromatic N) is 5. The first kappa shape index (κ1) is 15.9. The summed E-state index contributed by atoms with van der Waals surface area (Å²) in [4.78, 5) is 16.4. The minimum Gasteiger partial charge on any atom is -0.350 e. The molecule has 0 atom stereocenters. The van der Waals surface area contributed by atoms with Gasteiger partial charge in [-0.15, -0.1) is 0 Å². The van der Waals surface area contributed by atoms with Crippen LogP contribution in [-0.4, -0.2) is 37.0 Å². The van der Waals surface area contributed by atoms with Crippen LogP contribution >= 0.6 is 0 Å². The van der Waals surface area contributed by atoms with Gasteiger partial charge in [-0.25, -0.2) is 9.67 Å². The van der Waals surface area contributed by atoms with Crippen molar-refractivity contribution < 1.29 is 4.79 Å². The van der Waals surface area contributed by atoms with Crippen LogP contribution in [0, 0.1) is 20.8 Å². The predicted octanol–water partition coefficient (Wildman–Crippen LogP) is 1.82. The van der Waals surface area contributed by atoms with Crippen molar-refractivity contribution in [3.8, 4) is 5.69 Å². The van der Waals surface area contributed by atoms with Gasteiger partial charge in [0.15, 0.2) is 0 Å². The van der Waals surface area contributed by atoms with Gasteiger partial charge >= 0.3 is 0 Å². The van der Waals surface area contributed by atoms with Crippen molar-refractivity contribution in [2.75, 3.05) is 6.54 Å². The van der Waals surface area contributed by atoms with Crippen LogP contribution in [0.2, 0.25) is 0 Å². The van der Waals surface area contributed by atoms with Crippen LogP contribution in [0.25, 0.3) is 5.69 Å². The van der Waals surface area contributed by atoms with Gasteiger partial charge in [-0.2, -0.15) is 10.2 Å². The highest BCUT2D eigenvalue weighted by Gasteiger charge is 2.13. The maximum Gasteiger partial charge on any atom is 0.253 e. The van der Waals surface area contributed by atoms with E-state index in [1.807, 2.05) is 36.7 Å². The molecule has 0 unspecified atom stereocenters. The third-order valence-corrected chi connectivity index (χ3v) is 4.17. The number of carbonyl (C=O) groups excluding carboxylic acids is 1. The average molecular weight is 324 g/mol. The van der Waals surface area contributed by atoms with Gasteiger partial charge in [0.05, 0.1) is 23.5 Å². The van der Waals surface area contributed by atoms with E-state index in [0.29, 0.717) is 24.3 Å². The molecule has 2 aromatic heterocycles. The van der Waals surface area contributed by atoms with Gasteiger partial charge in [0.25, 0.3) is 5.91 Å². The van der Waals surface area contributed by atoms with E-state index in [9.17, 15) is 4.79 Å². The van der Waals surface area contributed by atoms with Gasteiger partial charge in [0.2, 0.25) is 0 Å². The highest BCUT2D eigenvalue weighted by molar-refractivity contribution is 5.97. The minimum absolute atomic E-state index is 0.139. The van der Waals surface area contributed by atoms with E-state index < -0.39 is 0 Å². The van der Waals surface area contributed by atoms with E-state index in [2.05, 4.69) is 27.4 Å². The molecule has 3 rings (SSSR count). The minimum atomic E-state index is -0.139. The SMILES string of the molecule is Cc1nn(CCNC(=O)c2ccccc2-n2cncn2)c(C)c1C. The largest absolute Gasteiger partial charge is 0.350 e. The molecule has 0 aliphatic carbocycles. The number of rotatable bonds is 5. The second-order valence-electron chi connectivity index (χ2n) is 5.63. The van der Waals surface area contributed by atoms with Crippen LogP contribution in [0.1, 0.15) is 27.3 Å². The van der Waals surface area contributed by atoms with Gasteiger partial charge in [-0.3, -0.25) is 9.48 Å². The molecule has 0 spiro atoms. The molecule has 0 bridgehead atoms. The average Bonchev–Trinajstić information content (AvgIpc) is 3.20. The summed E-state index contributed by atoms with van der Waals surface area (Å²) in [5.41, 5.74) is 4.61. The van der Waals surface area contributed by atoms with Gasteiger partial charge in [0.1, 0.15) is 12.7 Å². The van der Waals surface area contributed by atoms with Crippen LogP contribution in [-0.2, 0) is 6.54 Å². The summed E-state index contributed by atoms with van der Waals surface area (Å²) < 4.78 is 3.51. The Kier molecular flexibility index (Phi) is 4.41. The van der Waals surface area contributed by atoms with Crippen LogP contribution in [0.15, 0.2) is 36.9 Å². The fourth-order valence-electron chi connectivity index (χ4n) is 2.57. The Morgan fingerprint density at radius 2 is 2.00 bits per heavy atom. The fourth-order valence-corrected chi connectivity index (χ4v) is 2.57. The van der Waals surface area contributed by atoms with Crippen LogP contribution < -0.4 is 5.32 Å². The summed E-state index contributed by atoms with van der Waals surface area (Å²) in [5, 5.41) is 11.5. The summed E-state index contributed by atoms with van der Waals surface area (Å²) in [7, 11) is 0. The molecular formula is C17H20N6O. The first-order chi connectivity index (χ1) is 11.6. The Balaban J connectivity index is 1.69. The van der Waals surface area contributed by atoms with Crippen LogP contribution in [0.3, 0.4) is 0 Å². The standard InChI is InChI=1S/C17H20N6O/c1-12-13(2)21-22(14(12)3)9-8-19-17(24)15-6-4-5-7-16(15)23-11-18-10-20-23/h4-7,10-11H,8-9H2,1-3H3,(H,19,24). The topological polar surface area (TPSA) is 77.6 Å². The smallest absolute Gasteiger partial charge is 0.253 e. The third kappa shape index (κ3) is 3.05. The lowest BCUT2D eigenvalue weighted by atomic mass is 10.1. The third-order valence-electron chi connectivity index (χ3n) is 4.17. The molecule has 0 saturated heterocycles. The molecule has 2 heterocycles. The first-order valence-corrected chi connectivity index (χ1v) is 7.80. The Morgan fingerprint density at radius 3 is 2.67 bits per heavy atom. The normalized spacial score (nSPS) is 10.8. The number of aryl methyl sites for hydroxylation is 1. The highest BCUT2D eigenvalue weighted by atomic mass is 16.1. The summed E-state index contributed by atoms with van der Waals surface area (Å²) in [5.74, 6) is -0.139. The van der Waals surface area contributed by atoms with Crippen molar-refractivity contribution >= 4 is 5.91 Å². The number of nitrogens with one attached hydrogen (secondary N) is 1. The summed E-state index contributed by atoms with van der Waals surface area (Å²) in [6, 6.07) is 7.32. The molecule has 7 heteroatoms. The van der Waals surface area contributed by atoms with Crippen molar-refractivity contribution in [1.29, 1.82) is 0 Å². The van der Waals surface area contributed by atoms with E-state index >= 15 is 0 Å². The molecule has 24 heavy (non-hydrogen) atoms. The lowest BCUT2D eigenvalue weighted by molar-refractivity contribution is 0.0951. The van der Waals surface area contributed by atoms with Crippen molar-refractivity contribution in [3.05, 3.63) is 59.4 Å². The number of benzene rings is 1. The fraction of sp³-hybridized carbons (Fsp3) is 0.294. The molecule has 1 aromatic carbocycles. The Morgan fingerprint density at radius 1 is 1.21 bits per heavy atom. The number of aromatic nitrogens is 5. The van der Waals surface area contributed by atoms with E-state index in [0.717, 1.165) is 11.4 Å². The molecule has 124 valence electrons. The van der Waals surface area contributed by atoms with Crippen LogP contribution in [0.5, 0.6) is 0 Å². The van der Waals surface area contributed by atoms with E-state index in [1.54, 1.807) is 17.1 Å². The molecule has 3 aromatic rings. The van der Waals surface area contributed by atoms with Crippen molar-refractivity contribution in [1.82, 2.24) is 29.9 Å². The number of hydrogen-bond donors (Lipinski definition) is 1. The number of para-hydroxylation sites is 1. The quantitative estimate of drug-likeness (QED) is 0.776. The van der Waals surface area contributed by atoms with Crippen molar-refractivity contribution in [3.63, 3.8) is 0 Å². The Hall–Kier alpha value is -2.96. The molecule has 1 amide bonds. The van der Waals surface area contributed by atoms with Gasteiger partial charge in [-0.05, 0) is 38.5 Å². The highest BCUT2D eigenvalue weighted by Crippen LogP contribution is 2.13. The Bertz CT molecular complexity index is 850. The van der Waals surface area contributed by atoms with Gasteiger partial charge < -0.3 is 5.32 Å².